The van der Waals surface area contributed by atoms with Crippen LogP contribution in [-0.4, -0.2) is 21.0 Å². The van der Waals surface area contributed by atoms with Crippen molar-refractivity contribution in [3.05, 3.63) is 40.6 Å². The summed E-state index contributed by atoms with van der Waals surface area (Å²) in [7, 11) is 0. The van der Waals surface area contributed by atoms with Crippen molar-refractivity contribution < 1.29 is 0 Å². The van der Waals surface area contributed by atoms with Crippen molar-refractivity contribution in [1.29, 1.82) is 0 Å². The van der Waals surface area contributed by atoms with Gasteiger partial charge >= 0.3 is 0 Å². The summed E-state index contributed by atoms with van der Waals surface area (Å²) >= 11 is 3.47. The van der Waals surface area contributed by atoms with Crippen LogP contribution < -0.4 is 5.32 Å². The van der Waals surface area contributed by atoms with Crippen LogP contribution >= 0.6 is 15.9 Å². The molecular formula is C12H13BrN4. The molecule has 0 unspecified atom stereocenters. The summed E-state index contributed by atoms with van der Waals surface area (Å²) in [6, 6.07) is 8.76. The van der Waals surface area contributed by atoms with Crippen molar-refractivity contribution in [2.24, 2.45) is 0 Å². The number of hydrogen-bond acceptors (Lipinski definition) is 3. The Morgan fingerprint density at radius 2 is 2.29 bits per heavy atom. The fourth-order valence-electron chi connectivity index (χ4n) is 1.74. The first-order valence-electron chi connectivity index (χ1n) is 5.72. The van der Waals surface area contributed by atoms with E-state index in [4.69, 9.17) is 0 Å². The highest BCUT2D eigenvalue weighted by atomic mass is 79.9. The first-order chi connectivity index (χ1) is 8.33. The predicted molar refractivity (Wildman–Crippen MR) is 68.9 cm³/mol. The zero-order chi connectivity index (χ0) is 11.7. The Morgan fingerprint density at radius 1 is 1.41 bits per heavy atom. The molecule has 1 aromatic carbocycles. The normalized spacial score (nSPS) is 15.1. The average molecular weight is 293 g/mol. The minimum Gasteiger partial charge on any atom is -0.308 e. The highest BCUT2D eigenvalue weighted by Crippen LogP contribution is 2.20. The third-order valence-electron chi connectivity index (χ3n) is 2.82. The Kier molecular flexibility index (Phi) is 2.94. The lowest BCUT2D eigenvalue weighted by atomic mass is 10.3. The summed E-state index contributed by atoms with van der Waals surface area (Å²) in [4.78, 5) is 0. The van der Waals surface area contributed by atoms with Crippen molar-refractivity contribution in [2.45, 2.75) is 25.4 Å². The third-order valence-corrected chi connectivity index (χ3v) is 3.32. The molecule has 88 valence electrons. The zero-order valence-electron chi connectivity index (χ0n) is 9.31. The molecule has 1 aromatic heterocycles. The Labute approximate surface area is 108 Å². The first-order valence-corrected chi connectivity index (χ1v) is 6.51. The van der Waals surface area contributed by atoms with E-state index in [0.29, 0.717) is 6.04 Å². The fourth-order valence-corrected chi connectivity index (χ4v) is 2.13. The second-order valence-corrected chi connectivity index (χ2v) is 5.19. The molecule has 4 nitrogen and oxygen atoms in total. The maximum atomic E-state index is 4.13. The quantitative estimate of drug-likeness (QED) is 0.940. The number of nitrogens with zero attached hydrogens (tertiary/aromatic N) is 3. The molecule has 17 heavy (non-hydrogen) atoms. The molecule has 1 aliphatic rings. The molecule has 2 aromatic rings. The number of nitrogens with one attached hydrogen (secondary N) is 1. The standard InChI is InChI=1S/C12H13BrN4/c13-9-2-1-3-11(6-9)17-12(8-15-16-17)7-14-10-4-5-10/h1-3,6,8,10,14H,4-5,7H2. The van der Waals surface area contributed by atoms with E-state index in [9.17, 15) is 0 Å². The summed E-state index contributed by atoms with van der Waals surface area (Å²) in [5, 5.41) is 11.6. The van der Waals surface area contributed by atoms with Crippen molar-refractivity contribution >= 4 is 15.9 Å². The molecule has 1 N–H and O–H groups in total. The van der Waals surface area contributed by atoms with Crippen LogP contribution in [0.2, 0.25) is 0 Å². The van der Waals surface area contributed by atoms with Gasteiger partial charge in [-0.2, -0.15) is 0 Å². The number of halogens is 1. The van der Waals surface area contributed by atoms with Gasteiger partial charge < -0.3 is 5.32 Å². The van der Waals surface area contributed by atoms with E-state index in [1.165, 1.54) is 12.8 Å². The lowest BCUT2D eigenvalue weighted by molar-refractivity contribution is 0.647. The van der Waals surface area contributed by atoms with Crippen LogP contribution in [0.1, 0.15) is 18.5 Å². The van der Waals surface area contributed by atoms with Gasteiger partial charge in [-0.15, -0.1) is 5.10 Å². The number of aromatic nitrogens is 3. The lowest BCUT2D eigenvalue weighted by Crippen LogP contribution is -2.18. The Bertz CT molecular complexity index is 519. The van der Waals surface area contributed by atoms with Crippen molar-refractivity contribution in [3.63, 3.8) is 0 Å². The Morgan fingerprint density at radius 3 is 3.06 bits per heavy atom. The van der Waals surface area contributed by atoms with Gasteiger partial charge in [-0.05, 0) is 31.0 Å². The first kappa shape index (κ1) is 10.9. The lowest BCUT2D eigenvalue weighted by Gasteiger charge is -2.07. The van der Waals surface area contributed by atoms with Crippen molar-refractivity contribution in [2.75, 3.05) is 0 Å². The smallest absolute Gasteiger partial charge is 0.0783 e. The van der Waals surface area contributed by atoms with Crippen LogP contribution in [0.4, 0.5) is 0 Å². The second kappa shape index (κ2) is 4.58. The second-order valence-electron chi connectivity index (χ2n) is 4.27. The molecule has 0 saturated heterocycles. The maximum absolute atomic E-state index is 4.13. The molecule has 3 rings (SSSR count). The van der Waals surface area contributed by atoms with E-state index in [0.717, 1.165) is 22.4 Å². The largest absolute Gasteiger partial charge is 0.308 e. The van der Waals surface area contributed by atoms with Gasteiger partial charge in [0.15, 0.2) is 0 Å². The molecule has 1 fully saturated rings. The Balaban J connectivity index is 1.83. The van der Waals surface area contributed by atoms with E-state index < -0.39 is 0 Å². The van der Waals surface area contributed by atoms with Gasteiger partial charge in [0.25, 0.3) is 0 Å². The van der Waals surface area contributed by atoms with E-state index in [1.54, 1.807) is 0 Å². The minimum absolute atomic E-state index is 0.695. The van der Waals surface area contributed by atoms with Crippen LogP contribution in [0.15, 0.2) is 34.9 Å². The van der Waals surface area contributed by atoms with Gasteiger partial charge in [0, 0.05) is 17.1 Å². The third kappa shape index (κ3) is 2.56. The van der Waals surface area contributed by atoms with Gasteiger partial charge in [-0.3, -0.25) is 0 Å². The van der Waals surface area contributed by atoms with E-state index in [2.05, 4.69) is 31.6 Å². The van der Waals surface area contributed by atoms with Crippen LogP contribution in [0, 0.1) is 0 Å². The SMILES string of the molecule is Brc1cccc(-n2nncc2CNC2CC2)c1. The molecule has 1 aliphatic carbocycles. The van der Waals surface area contributed by atoms with E-state index >= 15 is 0 Å². The zero-order valence-corrected chi connectivity index (χ0v) is 10.9. The topological polar surface area (TPSA) is 42.7 Å². The van der Waals surface area contributed by atoms with Crippen molar-refractivity contribution in [1.82, 2.24) is 20.3 Å². The van der Waals surface area contributed by atoms with Crippen LogP contribution in [0.25, 0.3) is 5.69 Å². The molecule has 5 heteroatoms. The maximum Gasteiger partial charge on any atom is 0.0783 e. The number of rotatable bonds is 4. The van der Waals surface area contributed by atoms with Crippen LogP contribution in [0.5, 0.6) is 0 Å². The monoisotopic (exact) mass is 292 g/mol. The van der Waals surface area contributed by atoms with Gasteiger partial charge in [-0.25, -0.2) is 4.68 Å². The molecule has 1 heterocycles. The molecule has 0 atom stereocenters. The number of benzene rings is 1. The predicted octanol–water partition coefficient (Wildman–Crippen LogP) is 2.28. The summed E-state index contributed by atoms with van der Waals surface area (Å²) < 4.78 is 2.92. The van der Waals surface area contributed by atoms with Crippen LogP contribution in [-0.2, 0) is 6.54 Å². The van der Waals surface area contributed by atoms with Gasteiger partial charge in [-0.1, -0.05) is 27.2 Å². The van der Waals surface area contributed by atoms with Gasteiger partial charge in [0.05, 0.1) is 17.6 Å². The van der Waals surface area contributed by atoms with Crippen LogP contribution in [0.3, 0.4) is 0 Å². The average Bonchev–Trinajstić information content (AvgIpc) is 3.04. The molecule has 0 aliphatic heterocycles. The summed E-state index contributed by atoms with van der Waals surface area (Å²) in [5.41, 5.74) is 2.12. The molecule has 0 spiro atoms. The Hall–Kier alpha value is -1.20. The molecule has 0 amide bonds. The number of hydrogen-bond donors (Lipinski definition) is 1. The fraction of sp³-hybridized carbons (Fsp3) is 0.333. The van der Waals surface area contributed by atoms with Gasteiger partial charge in [0.1, 0.15) is 0 Å². The minimum atomic E-state index is 0.695. The molecule has 1 saturated carbocycles. The highest BCUT2D eigenvalue weighted by Gasteiger charge is 2.20. The van der Waals surface area contributed by atoms with Gasteiger partial charge in [0.2, 0.25) is 0 Å². The molecular weight excluding hydrogens is 280 g/mol. The summed E-state index contributed by atoms with van der Waals surface area (Å²) in [6.45, 7) is 0.824. The summed E-state index contributed by atoms with van der Waals surface area (Å²) in [5.74, 6) is 0. The van der Waals surface area contributed by atoms with E-state index in [1.807, 2.05) is 35.1 Å². The molecule has 0 radical (unpaired) electrons. The van der Waals surface area contributed by atoms with E-state index in [-0.39, 0.29) is 0 Å². The van der Waals surface area contributed by atoms with Crippen molar-refractivity contribution in [3.8, 4) is 5.69 Å². The highest BCUT2D eigenvalue weighted by molar-refractivity contribution is 9.10. The molecule has 0 bridgehead atoms. The summed E-state index contributed by atoms with van der Waals surface area (Å²) in [6.07, 6.45) is 4.40.